The van der Waals surface area contributed by atoms with Crippen molar-refractivity contribution in [3.8, 4) is 0 Å². The van der Waals surface area contributed by atoms with Crippen LogP contribution in [-0.4, -0.2) is 29.1 Å². The van der Waals surface area contributed by atoms with Gasteiger partial charge in [-0.2, -0.15) is 0 Å². The van der Waals surface area contributed by atoms with Gasteiger partial charge in [-0.15, -0.1) is 0 Å². The fourth-order valence-corrected chi connectivity index (χ4v) is 4.95. The number of unbranched alkanes of at least 4 members (excludes halogenated alkanes) is 17. The average Bonchev–Trinajstić information content (AvgIpc) is 3.16. The molecule has 0 aromatic rings. The molecule has 0 aromatic carbocycles. The highest BCUT2D eigenvalue weighted by atomic mass is 15.4. The zero-order valence-corrected chi connectivity index (χ0v) is 21.9. The number of hydrogen-bond donors (Lipinski definition) is 0. The lowest BCUT2D eigenvalue weighted by Gasteiger charge is -2.33. The van der Waals surface area contributed by atoms with E-state index < -0.39 is 0 Å². The summed E-state index contributed by atoms with van der Waals surface area (Å²) in [4.78, 5) is 5.35. The van der Waals surface area contributed by atoms with Crippen LogP contribution in [0.5, 0.6) is 0 Å². The van der Waals surface area contributed by atoms with Gasteiger partial charge in [-0.3, -0.25) is 0 Å². The summed E-state index contributed by atoms with van der Waals surface area (Å²) in [6.07, 6.45) is 35.0. The number of hydrogen-bond acceptors (Lipinski definition) is 2. The van der Waals surface area contributed by atoms with Gasteiger partial charge < -0.3 is 9.80 Å². The van der Waals surface area contributed by atoms with Crippen molar-refractivity contribution in [2.24, 2.45) is 0 Å². The van der Waals surface area contributed by atoms with Crippen molar-refractivity contribution in [3.63, 3.8) is 0 Å². The van der Waals surface area contributed by atoms with Crippen molar-refractivity contribution in [3.05, 3.63) is 12.4 Å². The Kier molecular flexibility index (Phi) is 19.4. The standard InChI is InChI=1S/C29H58N2/c1-4-7-10-13-15-16-17-20-23-26-31-28-27-30(25-22-19-14-11-8-5-2)29(31)24-21-18-12-9-6-3/h27-29H,4-26H2,1-3H3. The molecule has 0 aromatic heterocycles. The molecule has 0 saturated heterocycles. The first-order valence-electron chi connectivity index (χ1n) is 14.5. The third-order valence-corrected chi connectivity index (χ3v) is 7.07. The lowest BCUT2D eigenvalue weighted by atomic mass is 10.1. The normalized spacial score (nSPS) is 16.0. The maximum Gasteiger partial charge on any atom is 0.101 e. The van der Waals surface area contributed by atoms with E-state index in [0.29, 0.717) is 6.17 Å². The minimum Gasteiger partial charge on any atom is -0.356 e. The molecule has 0 amide bonds. The molecule has 1 rings (SSSR count). The molecule has 184 valence electrons. The molecule has 0 saturated carbocycles. The van der Waals surface area contributed by atoms with Crippen molar-refractivity contribution in [2.45, 2.75) is 162 Å². The zero-order valence-electron chi connectivity index (χ0n) is 21.9. The van der Waals surface area contributed by atoms with E-state index in [1.165, 1.54) is 148 Å². The van der Waals surface area contributed by atoms with Crippen LogP contribution >= 0.6 is 0 Å². The highest BCUT2D eigenvalue weighted by Gasteiger charge is 2.24. The SMILES string of the molecule is CCCCCCCCCCCN1C=CN(CCCCCCCC)C1CCCCCCC. The first-order chi connectivity index (χ1) is 15.3. The highest BCUT2D eigenvalue weighted by molar-refractivity contribution is 4.97. The quantitative estimate of drug-likeness (QED) is 0.148. The summed E-state index contributed by atoms with van der Waals surface area (Å²) in [7, 11) is 0. The molecule has 0 aliphatic carbocycles. The van der Waals surface area contributed by atoms with Crippen LogP contribution in [0.25, 0.3) is 0 Å². The highest BCUT2D eigenvalue weighted by Crippen LogP contribution is 2.23. The molecule has 0 spiro atoms. The molecule has 1 atom stereocenters. The Morgan fingerprint density at radius 2 is 0.742 bits per heavy atom. The summed E-state index contributed by atoms with van der Waals surface area (Å²) < 4.78 is 0. The van der Waals surface area contributed by atoms with Gasteiger partial charge in [0.15, 0.2) is 0 Å². The lowest BCUT2D eigenvalue weighted by Crippen LogP contribution is -2.39. The molecule has 0 N–H and O–H groups in total. The second-order valence-corrected chi connectivity index (χ2v) is 10.1. The van der Waals surface area contributed by atoms with Crippen LogP contribution in [0.4, 0.5) is 0 Å². The summed E-state index contributed by atoms with van der Waals surface area (Å²) in [5.74, 6) is 0. The van der Waals surface area contributed by atoms with Gasteiger partial charge in [0, 0.05) is 25.5 Å². The average molecular weight is 435 g/mol. The van der Waals surface area contributed by atoms with Crippen LogP contribution in [0, 0.1) is 0 Å². The van der Waals surface area contributed by atoms with Gasteiger partial charge in [0.05, 0.1) is 0 Å². The number of rotatable bonds is 23. The third-order valence-electron chi connectivity index (χ3n) is 7.07. The first kappa shape index (κ1) is 28.4. The molecule has 0 radical (unpaired) electrons. The van der Waals surface area contributed by atoms with Crippen molar-refractivity contribution in [2.75, 3.05) is 13.1 Å². The zero-order chi connectivity index (χ0) is 22.4. The Hall–Kier alpha value is -0.660. The van der Waals surface area contributed by atoms with E-state index in [2.05, 4.69) is 43.0 Å². The van der Waals surface area contributed by atoms with E-state index in [4.69, 9.17) is 0 Å². The fourth-order valence-electron chi connectivity index (χ4n) is 4.95. The van der Waals surface area contributed by atoms with Gasteiger partial charge in [0.1, 0.15) is 6.17 Å². The summed E-state index contributed by atoms with van der Waals surface area (Å²) in [5.41, 5.74) is 0. The molecule has 0 fully saturated rings. The van der Waals surface area contributed by atoms with Crippen LogP contribution in [0.15, 0.2) is 12.4 Å². The summed E-state index contributed by atoms with van der Waals surface area (Å²) in [5, 5.41) is 0. The molecule has 31 heavy (non-hydrogen) atoms. The second-order valence-electron chi connectivity index (χ2n) is 10.1. The molecule has 1 aliphatic heterocycles. The Labute approximate surface area is 197 Å². The smallest absolute Gasteiger partial charge is 0.101 e. The topological polar surface area (TPSA) is 6.48 Å². The van der Waals surface area contributed by atoms with Crippen LogP contribution < -0.4 is 0 Å². The maximum absolute atomic E-state index is 2.68. The lowest BCUT2D eigenvalue weighted by molar-refractivity contribution is 0.135. The molecule has 1 aliphatic rings. The van der Waals surface area contributed by atoms with Crippen molar-refractivity contribution in [1.82, 2.24) is 9.80 Å². The van der Waals surface area contributed by atoms with E-state index >= 15 is 0 Å². The van der Waals surface area contributed by atoms with Gasteiger partial charge in [-0.05, 0) is 25.7 Å². The predicted molar refractivity (Wildman–Crippen MR) is 140 cm³/mol. The molecular formula is C29H58N2. The first-order valence-corrected chi connectivity index (χ1v) is 14.5. The monoisotopic (exact) mass is 434 g/mol. The van der Waals surface area contributed by atoms with Gasteiger partial charge in [-0.1, -0.05) is 130 Å². The Morgan fingerprint density at radius 3 is 1.13 bits per heavy atom. The summed E-state index contributed by atoms with van der Waals surface area (Å²) in [6.45, 7) is 9.45. The van der Waals surface area contributed by atoms with E-state index in [0.717, 1.165) is 0 Å². The Balaban J connectivity index is 2.25. The van der Waals surface area contributed by atoms with Crippen molar-refractivity contribution in [1.29, 1.82) is 0 Å². The van der Waals surface area contributed by atoms with Gasteiger partial charge in [0.2, 0.25) is 0 Å². The Morgan fingerprint density at radius 1 is 0.419 bits per heavy atom. The molecule has 1 heterocycles. The predicted octanol–water partition coefficient (Wildman–Crippen LogP) is 9.65. The molecule has 1 unspecified atom stereocenters. The van der Waals surface area contributed by atoms with E-state index in [9.17, 15) is 0 Å². The largest absolute Gasteiger partial charge is 0.356 e. The molecular weight excluding hydrogens is 376 g/mol. The van der Waals surface area contributed by atoms with Crippen molar-refractivity contribution < 1.29 is 0 Å². The van der Waals surface area contributed by atoms with E-state index in [1.807, 2.05) is 0 Å². The maximum atomic E-state index is 2.68. The van der Waals surface area contributed by atoms with E-state index in [1.54, 1.807) is 0 Å². The number of nitrogens with zero attached hydrogens (tertiary/aromatic N) is 2. The molecule has 0 bridgehead atoms. The summed E-state index contributed by atoms with van der Waals surface area (Å²) >= 11 is 0. The van der Waals surface area contributed by atoms with Crippen LogP contribution in [-0.2, 0) is 0 Å². The second kappa shape index (κ2) is 21.2. The van der Waals surface area contributed by atoms with E-state index in [-0.39, 0.29) is 0 Å². The van der Waals surface area contributed by atoms with Crippen LogP contribution in [0.3, 0.4) is 0 Å². The van der Waals surface area contributed by atoms with Crippen molar-refractivity contribution >= 4 is 0 Å². The molecule has 2 nitrogen and oxygen atoms in total. The minimum absolute atomic E-state index is 0.645. The van der Waals surface area contributed by atoms with Gasteiger partial charge in [0.25, 0.3) is 0 Å². The molecule has 2 heteroatoms. The van der Waals surface area contributed by atoms with Gasteiger partial charge >= 0.3 is 0 Å². The van der Waals surface area contributed by atoms with Gasteiger partial charge in [-0.25, -0.2) is 0 Å². The summed E-state index contributed by atoms with van der Waals surface area (Å²) in [6, 6.07) is 0. The fraction of sp³-hybridized carbons (Fsp3) is 0.931. The third kappa shape index (κ3) is 14.9. The van der Waals surface area contributed by atoms with Crippen LogP contribution in [0.2, 0.25) is 0 Å². The Bertz CT molecular complexity index is 392. The van der Waals surface area contributed by atoms with Crippen LogP contribution in [0.1, 0.15) is 156 Å². The minimum atomic E-state index is 0.645.